The minimum Gasteiger partial charge on any atom is -0.507 e. The lowest BCUT2D eigenvalue weighted by atomic mass is 9.95. The van der Waals surface area contributed by atoms with E-state index in [-0.39, 0.29) is 17.3 Å². The summed E-state index contributed by atoms with van der Waals surface area (Å²) in [5.41, 5.74) is 2.10. The molecule has 182 valence electrons. The minimum absolute atomic E-state index is 0.0588. The molecule has 1 fully saturated rings. The predicted molar refractivity (Wildman–Crippen MR) is 133 cm³/mol. The summed E-state index contributed by atoms with van der Waals surface area (Å²) in [5, 5.41) is 11.3. The molecule has 3 aromatic carbocycles. The Morgan fingerprint density at radius 2 is 1.56 bits per heavy atom. The van der Waals surface area contributed by atoms with Gasteiger partial charge in [-0.2, -0.15) is 0 Å². The van der Waals surface area contributed by atoms with Crippen molar-refractivity contribution in [1.82, 2.24) is 9.97 Å². The maximum absolute atomic E-state index is 13.4. The van der Waals surface area contributed by atoms with Gasteiger partial charge >= 0.3 is 5.91 Å². The Morgan fingerprint density at radius 3 is 2.25 bits per heavy atom. The fourth-order valence-electron chi connectivity index (χ4n) is 4.30. The Balaban J connectivity index is 1.71. The largest absolute Gasteiger partial charge is 0.507 e. The number of anilines is 1. The number of imidazole rings is 1. The monoisotopic (exact) mass is 485 g/mol. The van der Waals surface area contributed by atoms with Gasteiger partial charge < -0.3 is 24.3 Å². The Kier molecular flexibility index (Phi) is 5.81. The van der Waals surface area contributed by atoms with E-state index in [9.17, 15) is 14.7 Å². The number of hydrogen-bond donors (Lipinski definition) is 2. The van der Waals surface area contributed by atoms with E-state index < -0.39 is 17.7 Å². The second kappa shape index (κ2) is 9.10. The molecule has 0 aliphatic carbocycles. The maximum Gasteiger partial charge on any atom is 0.302 e. The van der Waals surface area contributed by atoms with Gasteiger partial charge in [0.2, 0.25) is 5.95 Å². The average molecular weight is 485 g/mol. The van der Waals surface area contributed by atoms with Crippen molar-refractivity contribution in [2.45, 2.75) is 6.04 Å². The van der Waals surface area contributed by atoms with Gasteiger partial charge in [-0.1, -0.05) is 12.1 Å². The number of hydrogen-bond acceptors (Lipinski definition) is 7. The highest BCUT2D eigenvalue weighted by molar-refractivity contribution is 6.51. The topological polar surface area (TPSA) is 114 Å². The molecular formula is C27H23N3O6. The Hall–Kier alpha value is -4.79. The van der Waals surface area contributed by atoms with Gasteiger partial charge in [-0.3, -0.25) is 14.5 Å². The summed E-state index contributed by atoms with van der Waals surface area (Å²) in [7, 11) is 4.62. The minimum atomic E-state index is -0.954. The molecule has 5 rings (SSSR count). The smallest absolute Gasteiger partial charge is 0.302 e. The van der Waals surface area contributed by atoms with Crippen LogP contribution in [-0.4, -0.2) is 48.1 Å². The summed E-state index contributed by atoms with van der Waals surface area (Å²) in [6.07, 6.45) is 0. The molecule has 0 spiro atoms. The standard InChI is InChI=1S/C27H23N3O6/c1-34-17-9-7-15(8-10-17)24(31)22-23(16-5-4-6-18(13-16)35-2)30(26(33)25(22)32)27-28-20-12-11-19(36-3)14-21(20)29-27/h4-14,23,31H,1-3H3,(H,28,29)/b24-22+. The highest BCUT2D eigenvalue weighted by Crippen LogP contribution is 2.42. The molecular weight excluding hydrogens is 462 g/mol. The molecule has 9 nitrogen and oxygen atoms in total. The van der Waals surface area contributed by atoms with Crippen LogP contribution < -0.4 is 19.1 Å². The number of H-pyrrole nitrogens is 1. The first-order valence-electron chi connectivity index (χ1n) is 11.1. The first kappa shape index (κ1) is 23.0. The quantitative estimate of drug-likeness (QED) is 0.239. The van der Waals surface area contributed by atoms with Crippen LogP contribution in [0.2, 0.25) is 0 Å². The van der Waals surface area contributed by atoms with E-state index in [4.69, 9.17) is 14.2 Å². The number of amides is 1. The number of ketones is 1. The van der Waals surface area contributed by atoms with Gasteiger partial charge in [-0.15, -0.1) is 0 Å². The Bertz CT molecular complexity index is 1510. The first-order chi connectivity index (χ1) is 17.4. The zero-order chi connectivity index (χ0) is 25.4. The van der Waals surface area contributed by atoms with Crippen LogP contribution in [0.3, 0.4) is 0 Å². The van der Waals surface area contributed by atoms with Gasteiger partial charge in [-0.25, -0.2) is 4.98 Å². The number of aromatic nitrogens is 2. The zero-order valence-corrected chi connectivity index (χ0v) is 19.8. The molecule has 1 aliphatic rings. The maximum atomic E-state index is 13.4. The summed E-state index contributed by atoms with van der Waals surface area (Å²) in [5.74, 6) is -0.0290. The number of ether oxygens (including phenoxy) is 3. The molecule has 0 bridgehead atoms. The lowest BCUT2D eigenvalue weighted by Gasteiger charge is -2.23. The molecule has 1 saturated heterocycles. The van der Waals surface area contributed by atoms with Crippen molar-refractivity contribution < 1.29 is 28.9 Å². The van der Waals surface area contributed by atoms with Crippen molar-refractivity contribution in [2.75, 3.05) is 26.2 Å². The van der Waals surface area contributed by atoms with Crippen molar-refractivity contribution in [1.29, 1.82) is 0 Å². The van der Waals surface area contributed by atoms with Gasteiger partial charge in [0.25, 0.3) is 5.78 Å². The summed E-state index contributed by atoms with van der Waals surface area (Å²) in [4.78, 5) is 35.7. The van der Waals surface area contributed by atoms with Crippen LogP contribution in [0.5, 0.6) is 17.2 Å². The van der Waals surface area contributed by atoms with E-state index in [1.807, 2.05) is 0 Å². The molecule has 1 aromatic heterocycles. The molecule has 2 N–H and O–H groups in total. The highest BCUT2D eigenvalue weighted by atomic mass is 16.5. The third kappa shape index (κ3) is 3.80. The van der Waals surface area contributed by atoms with Gasteiger partial charge in [0.05, 0.1) is 44.0 Å². The zero-order valence-electron chi connectivity index (χ0n) is 19.8. The van der Waals surface area contributed by atoms with Crippen LogP contribution in [0.1, 0.15) is 17.2 Å². The molecule has 2 heterocycles. The number of methoxy groups -OCH3 is 3. The fraction of sp³-hybridized carbons (Fsp3) is 0.148. The van der Waals surface area contributed by atoms with E-state index in [0.717, 1.165) is 0 Å². The number of fused-ring (bicyclic) bond motifs is 1. The molecule has 1 amide bonds. The summed E-state index contributed by atoms with van der Waals surface area (Å²) >= 11 is 0. The summed E-state index contributed by atoms with van der Waals surface area (Å²) in [6, 6.07) is 17.9. The molecule has 36 heavy (non-hydrogen) atoms. The fourth-order valence-corrected chi connectivity index (χ4v) is 4.30. The number of Topliss-reactive ketones (excluding diaryl/α,β-unsaturated/α-hetero) is 1. The number of nitrogens with zero attached hydrogens (tertiary/aromatic N) is 2. The molecule has 0 saturated carbocycles. The summed E-state index contributed by atoms with van der Waals surface area (Å²) < 4.78 is 15.8. The molecule has 9 heteroatoms. The second-order valence-corrected chi connectivity index (χ2v) is 8.12. The number of aliphatic hydroxyl groups excluding tert-OH is 1. The SMILES string of the molecule is COc1ccc(/C(O)=C2\C(=O)C(=O)N(c3nc4ccc(OC)cc4[nH]3)C2c2cccc(OC)c2)cc1. The highest BCUT2D eigenvalue weighted by Gasteiger charge is 2.48. The van der Waals surface area contributed by atoms with Crippen LogP contribution in [0.15, 0.2) is 72.3 Å². The second-order valence-electron chi connectivity index (χ2n) is 8.12. The first-order valence-corrected chi connectivity index (χ1v) is 11.1. The van der Waals surface area contributed by atoms with E-state index in [1.54, 1.807) is 73.8 Å². The number of nitrogens with one attached hydrogen (secondary N) is 1. The molecule has 1 atom stereocenters. The Labute approximate surface area is 206 Å². The molecule has 1 unspecified atom stereocenters. The Morgan fingerprint density at radius 1 is 0.889 bits per heavy atom. The van der Waals surface area contributed by atoms with Crippen LogP contribution in [0.25, 0.3) is 16.8 Å². The number of aliphatic hydroxyl groups is 1. The number of benzene rings is 3. The number of carbonyl (C=O) groups is 2. The van der Waals surface area contributed by atoms with Crippen LogP contribution in [-0.2, 0) is 9.59 Å². The number of aromatic amines is 1. The van der Waals surface area contributed by atoms with Crippen molar-refractivity contribution in [3.05, 3.63) is 83.4 Å². The van der Waals surface area contributed by atoms with E-state index in [1.165, 1.54) is 19.1 Å². The van der Waals surface area contributed by atoms with Gasteiger partial charge in [0.1, 0.15) is 23.0 Å². The van der Waals surface area contributed by atoms with E-state index >= 15 is 0 Å². The number of rotatable bonds is 6. The normalized spacial score (nSPS) is 17.0. The van der Waals surface area contributed by atoms with E-state index in [0.29, 0.717) is 39.4 Å². The van der Waals surface area contributed by atoms with Crippen LogP contribution in [0.4, 0.5) is 5.95 Å². The van der Waals surface area contributed by atoms with Crippen molar-refractivity contribution >= 4 is 34.4 Å². The lowest BCUT2D eigenvalue weighted by Crippen LogP contribution is -2.30. The van der Waals surface area contributed by atoms with Gasteiger partial charge in [0, 0.05) is 11.6 Å². The number of carbonyl (C=O) groups excluding carboxylic acids is 2. The van der Waals surface area contributed by atoms with Crippen molar-refractivity contribution in [3.8, 4) is 17.2 Å². The van der Waals surface area contributed by atoms with Crippen molar-refractivity contribution in [3.63, 3.8) is 0 Å². The van der Waals surface area contributed by atoms with Crippen molar-refractivity contribution in [2.24, 2.45) is 0 Å². The molecule has 4 aromatic rings. The lowest BCUT2D eigenvalue weighted by molar-refractivity contribution is -0.132. The van der Waals surface area contributed by atoms with Crippen LogP contribution in [0, 0.1) is 0 Å². The predicted octanol–water partition coefficient (Wildman–Crippen LogP) is 4.22. The third-order valence-electron chi connectivity index (χ3n) is 6.12. The third-order valence-corrected chi connectivity index (χ3v) is 6.12. The van der Waals surface area contributed by atoms with Gasteiger partial charge in [-0.05, 0) is 54.1 Å². The van der Waals surface area contributed by atoms with Crippen LogP contribution >= 0.6 is 0 Å². The molecule has 0 radical (unpaired) electrons. The summed E-state index contributed by atoms with van der Waals surface area (Å²) in [6.45, 7) is 0. The molecule has 1 aliphatic heterocycles. The van der Waals surface area contributed by atoms with Gasteiger partial charge in [0.15, 0.2) is 0 Å². The average Bonchev–Trinajstić information content (AvgIpc) is 3.45. The van der Waals surface area contributed by atoms with E-state index in [2.05, 4.69) is 9.97 Å².